The molecule has 0 spiro atoms. The Kier molecular flexibility index (Phi) is 16.4. The SMILES string of the molecule is CC1(C)c2ccccc2-c2ccc3c4ccccc4n(-c4ncc5c(=O)n(-c6ccccc6)c6ccccc6c5n4)c3c21.O=c1c2cnc(-n3c4ccccc4c4ccc5c6ccccc6n(-c6ccccc6)c5c43)nc2c2ccccc2n1-c1ccccc1.O=c1c2cnc(-n3c4ccccc4c4ccc5c6ccccc6oc5c43)nc2c2ccccc2n1-c1ccccc1. The van der Waals surface area contributed by atoms with Crippen LogP contribution in [0.3, 0.4) is 0 Å². The second-order valence-electron chi connectivity index (χ2n) is 33.9. The van der Waals surface area contributed by atoms with E-state index in [0.29, 0.717) is 50.6 Å². The summed E-state index contributed by atoms with van der Waals surface area (Å²) in [6.07, 6.45) is 5.06. The van der Waals surface area contributed by atoms with Crippen LogP contribution in [0.1, 0.15) is 25.0 Å². The molecular weight excluding hydrogens is 1620 g/mol. The highest BCUT2D eigenvalue weighted by atomic mass is 16.3. The van der Waals surface area contributed by atoms with E-state index in [1.807, 2.05) is 200 Å². The first-order valence-electron chi connectivity index (χ1n) is 43.7. The van der Waals surface area contributed by atoms with Gasteiger partial charge >= 0.3 is 0 Å². The molecule has 11 heterocycles. The van der Waals surface area contributed by atoms with Crippen molar-refractivity contribution in [3.63, 3.8) is 0 Å². The highest BCUT2D eigenvalue weighted by molar-refractivity contribution is 6.25. The maximum atomic E-state index is 14.1. The molecule has 616 valence electrons. The predicted octanol–water partition coefficient (Wildman–Crippen LogP) is 25.4. The summed E-state index contributed by atoms with van der Waals surface area (Å²) >= 11 is 0. The summed E-state index contributed by atoms with van der Waals surface area (Å²) in [7, 11) is 0. The van der Waals surface area contributed by atoms with Crippen LogP contribution >= 0.6 is 0 Å². The third-order valence-corrected chi connectivity index (χ3v) is 26.5. The molecule has 0 N–H and O–H groups in total. The van der Waals surface area contributed by atoms with Crippen LogP contribution in [0.15, 0.2) is 414 Å². The Labute approximate surface area is 744 Å². The van der Waals surface area contributed by atoms with Gasteiger partial charge in [0.05, 0.1) is 87.9 Å². The summed E-state index contributed by atoms with van der Waals surface area (Å²) in [4.78, 5) is 72.2. The molecule has 0 atom stereocenters. The first-order chi connectivity index (χ1) is 64.6. The lowest BCUT2D eigenvalue weighted by atomic mass is 9.81. The zero-order chi connectivity index (χ0) is 87.0. The number of rotatable bonds is 7. The highest BCUT2D eigenvalue weighted by Gasteiger charge is 2.39. The lowest BCUT2D eigenvalue weighted by Gasteiger charge is -2.23. The minimum atomic E-state index is -0.218. The summed E-state index contributed by atoms with van der Waals surface area (Å²) in [5.41, 5.74) is 22.1. The third kappa shape index (κ3) is 11.0. The fraction of sp³-hybridized carbons (Fsp3) is 0.0263. The van der Waals surface area contributed by atoms with E-state index in [9.17, 15) is 14.4 Å². The number of hydrogen-bond donors (Lipinski definition) is 0. The average Bonchev–Trinajstić information content (AvgIpc) is 1.54. The number of hydrogen-bond acceptors (Lipinski definition) is 10. The third-order valence-electron chi connectivity index (χ3n) is 26.5. The van der Waals surface area contributed by atoms with E-state index in [0.717, 1.165) is 154 Å². The van der Waals surface area contributed by atoms with Crippen molar-refractivity contribution in [3.8, 4) is 51.7 Å². The molecule has 0 saturated heterocycles. The molecule has 0 unspecified atom stereocenters. The van der Waals surface area contributed by atoms with Gasteiger partial charge in [0.15, 0.2) is 5.58 Å². The summed E-state index contributed by atoms with van der Waals surface area (Å²) in [5.74, 6) is 1.56. The van der Waals surface area contributed by atoms with Gasteiger partial charge in [-0.25, -0.2) is 29.9 Å². The van der Waals surface area contributed by atoms with Crippen molar-refractivity contribution in [3.05, 3.63) is 437 Å². The monoisotopic (exact) mass is 1690 g/mol. The second kappa shape index (κ2) is 28.9. The molecule has 0 bridgehead atoms. The van der Waals surface area contributed by atoms with Gasteiger partial charge in [0.2, 0.25) is 17.8 Å². The Morgan fingerprint density at radius 1 is 0.229 bits per heavy atom. The van der Waals surface area contributed by atoms with E-state index in [-0.39, 0.29) is 22.1 Å². The van der Waals surface area contributed by atoms with Crippen molar-refractivity contribution in [2.75, 3.05) is 0 Å². The normalized spacial score (nSPS) is 12.5. The fourth-order valence-corrected chi connectivity index (χ4v) is 20.8. The highest BCUT2D eigenvalue weighted by Crippen LogP contribution is 2.54. The summed E-state index contributed by atoms with van der Waals surface area (Å²) < 4.78 is 20.5. The van der Waals surface area contributed by atoms with Crippen molar-refractivity contribution >= 4 is 175 Å². The minimum absolute atomic E-state index is 0.133. The van der Waals surface area contributed by atoms with E-state index >= 15 is 0 Å². The van der Waals surface area contributed by atoms with Crippen LogP contribution in [-0.2, 0) is 5.41 Å². The maximum absolute atomic E-state index is 14.1. The molecule has 11 aromatic heterocycles. The molecule has 0 radical (unpaired) electrons. The Morgan fingerprint density at radius 3 is 0.939 bits per heavy atom. The van der Waals surface area contributed by atoms with Gasteiger partial charge in [0.25, 0.3) is 16.7 Å². The molecule has 17 heteroatoms. The maximum Gasteiger partial charge on any atom is 0.266 e. The summed E-state index contributed by atoms with van der Waals surface area (Å²) in [5, 5.41) is 15.2. The molecular formula is C114H71N13O4. The molecule has 1 aliphatic rings. The molecule has 1 aliphatic carbocycles. The quantitative estimate of drug-likeness (QED) is 0.140. The number of nitrogens with zero attached hydrogens (tertiary/aromatic N) is 13. The van der Waals surface area contributed by atoms with Gasteiger partial charge in [-0.15, -0.1) is 0 Å². The largest absolute Gasteiger partial charge is 0.454 e. The Hall–Kier alpha value is -17.8. The number of para-hydroxylation sites is 12. The van der Waals surface area contributed by atoms with Crippen LogP contribution in [0, 0.1) is 0 Å². The molecule has 16 aromatic carbocycles. The average molecular weight is 1690 g/mol. The van der Waals surface area contributed by atoms with Crippen LogP contribution in [-0.4, -0.2) is 61.9 Å². The standard InChI is InChI=1S/C41H25N5O.C38H26N4O.C35H20N4O2/c47-40-33-25-42-41(43-37(33)32-19-9-12-22-36(32)45(40)27-15-5-2-6-16-27)46-35-21-11-8-18-29(35)31-24-23-30-28-17-7-10-20-34(28)44(38(30)39(31)46)26-13-3-1-4-14-26;1-38(2)30-17-9-6-14-24(30)26-20-21-27-25-15-7-10-18-31(25)42(35(27)33(26)38)37-39-22-29-34(40-37)28-16-8-11-19-32(28)41(36(29)43)23-12-4-3-5-13-23;40-34-27-20-36-35(37-31(27)26-14-5-8-16-29(26)38(34)21-10-2-1-3-11-21)39-28-15-7-4-12-22(28)24-18-19-25-23-13-6-9-17-30(23)41-33(25)32(24)39/h1-25H;3-22H,1-2H3;1-20H. The van der Waals surface area contributed by atoms with Gasteiger partial charge in [-0.1, -0.05) is 287 Å². The van der Waals surface area contributed by atoms with E-state index in [4.69, 9.17) is 34.3 Å². The van der Waals surface area contributed by atoms with Crippen molar-refractivity contribution in [2.24, 2.45) is 0 Å². The van der Waals surface area contributed by atoms with E-state index < -0.39 is 0 Å². The minimum Gasteiger partial charge on any atom is -0.454 e. The van der Waals surface area contributed by atoms with Gasteiger partial charge in [-0.2, -0.15) is 0 Å². The van der Waals surface area contributed by atoms with Crippen LogP contribution in [0.5, 0.6) is 0 Å². The molecule has 131 heavy (non-hydrogen) atoms. The van der Waals surface area contributed by atoms with Crippen molar-refractivity contribution in [1.82, 2.24) is 61.9 Å². The van der Waals surface area contributed by atoms with Crippen LogP contribution in [0.2, 0.25) is 0 Å². The number of aromatic nitrogens is 13. The van der Waals surface area contributed by atoms with Crippen LogP contribution < -0.4 is 16.7 Å². The number of pyridine rings is 3. The van der Waals surface area contributed by atoms with Gasteiger partial charge in [-0.3, -0.25) is 41.8 Å². The Bertz CT molecular complexity index is 9750. The number of furan rings is 1. The van der Waals surface area contributed by atoms with E-state index in [2.05, 4.69) is 208 Å². The molecule has 28 rings (SSSR count). The summed E-state index contributed by atoms with van der Waals surface area (Å²) in [6.45, 7) is 4.61. The topological polar surface area (TPSA) is 176 Å². The lowest BCUT2D eigenvalue weighted by molar-refractivity contribution is 0.663. The molecule has 0 amide bonds. The zero-order valence-electron chi connectivity index (χ0n) is 70.5. The zero-order valence-corrected chi connectivity index (χ0v) is 70.5. The van der Waals surface area contributed by atoms with Crippen molar-refractivity contribution in [2.45, 2.75) is 19.3 Å². The van der Waals surface area contributed by atoms with Crippen molar-refractivity contribution < 1.29 is 4.42 Å². The molecule has 0 fully saturated rings. The number of fused-ring (bicyclic) bond motifs is 30. The van der Waals surface area contributed by atoms with Gasteiger partial charge in [0.1, 0.15) is 11.1 Å². The second-order valence-corrected chi connectivity index (χ2v) is 33.9. The number of benzene rings is 16. The van der Waals surface area contributed by atoms with Gasteiger partial charge in [0, 0.05) is 117 Å². The lowest BCUT2D eigenvalue weighted by Crippen LogP contribution is -2.20. The van der Waals surface area contributed by atoms with Crippen LogP contribution in [0.4, 0.5) is 0 Å². The van der Waals surface area contributed by atoms with E-state index in [1.54, 1.807) is 32.3 Å². The summed E-state index contributed by atoms with van der Waals surface area (Å²) in [6, 6.07) is 127. The van der Waals surface area contributed by atoms with E-state index in [1.165, 1.54) is 33.0 Å². The van der Waals surface area contributed by atoms with Crippen molar-refractivity contribution in [1.29, 1.82) is 0 Å². The predicted molar refractivity (Wildman–Crippen MR) is 530 cm³/mol. The first kappa shape index (κ1) is 74.6. The fourth-order valence-electron chi connectivity index (χ4n) is 20.8. The molecule has 0 aliphatic heterocycles. The van der Waals surface area contributed by atoms with Gasteiger partial charge in [-0.05, 0) is 125 Å². The Balaban J connectivity index is 0.000000103. The first-order valence-corrected chi connectivity index (χ1v) is 43.7. The van der Waals surface area contributed by atoms with Gasteiger partial charge < -0.3 is 8.98 Å². The molecule has 27 aromatic rings. The molecule has 17 nitrogen and oxygen atoms in total. The smallest absolute Gasteiger partial charge is 0.266 e. The Morgan fingerprint density at radius 2 is 0.519 bits per heavy atom. The van der Waals surface area contributed by atoms with Crippen LogP contribution in [0.25, 0.3) is 226 Å². The molecule has 0 saturated carbocycles.